The third-order valence-electron chi connectivity index (χ3n) is 3.19. The van der Waals surface area contributed by atoms with Gasteiger partial charge < -0.3 is 5.11 Å². The van der Waals surface area contributed by atoms with Crippen LogP contribution in [-0.2, 0) is 0 Å². The first-order valence-electron chi connectivity index (χ1n) is 4.95. The maximum atomic E-state index is 9.88. The summed E-state index contributed by atoms with van der Waals surface area (Å²) in [6.07, 6.45) is 2.76. The minimum absolute atomic E-state index is 0.265. The van der Waals surface area contributed by atoms with Crippen molar-refractivity contribution in [3.63, 3.8) is 0 Å². The quantitative estimate of drug-likeness (QED) is 0.742. The second kappa shape index (κ2) is 2.94. The summed E-state index contributed by atoms with van der Waals surface area (Å²) < 4.78 is 1.28. The molecule has 1 aromatic carbocycles. The number of hydrogen-bond acceptors (Lipinski definition) is 1. The van der Waals surface area contributed by atoms with E-state index in [9.17, 15) is 5.11 Å². The third-order valence-corrected chi connectivity index (χ3v) is 4.01. The summed E-state index contributed by atoms with van der Waals surface area (Å²) in [7, 11) is 0. The van der Waals surface area contributed by atoms with Crippen molar-refractivity contribution in [3.05, 3.63) is 34.2 Å². The van der Waals surface area contributed by atoms with Crippen LogP contribution in [0.25, 0.3) is 10.1 Å². The van der Waals surface area contributed by atoms with Crippen LogP contribution in [0.1, 0.15) is 30.9 Å². The van der Waals surface area contributed by atoms with Gasteiger partial charge in [-0.15, -0.1) is 0 Å². The van der Waals surface area contributed by atoms with Crippen LogP contribution < -0.4 is 10.4 Å². The average molecular weight is 251 g/mol. The molecule has 2 aliphatic carbocycles. The SMILES string of the molecule is OC1CC2=c3c1cccc3=C(Br)CC2. The normalized spacial score (nSPS) is 24.0. The zero-order chi connectivity index (χ0) is 9.71. The first-order chi connectivity index (χ1) is 6.77. The van der Waals surface area contributed by atoms with Crippen LogP contribution in [-0.4, -0.2) is 5.11 Å². The Balaban J connectivity index is 2.51. The van der Waals surface area contributed by atoms with Crippen LogP contribution in [0.3, 0.4) is 0 Å². The topological polar surface area (TPSA) is 20.2 Å². The lowest BCUT2D eigenvalue weighted by Gasteiger charge is -2.08. The number of hydrogen-bond donors (Lipinski definition) is 1. The van der Waals surface area contributed by atoms with Crippen molar-refractivity contribution in [2.45, 2.75) is 25.4 Å². The van der Waals surface area contributed by atoms with Crippen LogP contribution in [0, 0.1) is 0 Å². The van der Waals surface area contributed by atoms with Crippen LogP contribution in [0.5, 0.6) is 0 Å². The van der Waals surface area contributed by atoms with Gasteiger partial charge in [-0.1, -0.05) is 39.7 Å². The third kappa shape index (κ3) is 1.04. The molecule has 14 heavy (non-hydrogen) atoms. The number of rotatable bonds is 0. The number of aliphatic hydroxyl groups is 1. The summed E-state index contributed by atoms with van der Waals surface area (Å²) in [6.45, 7) is 0. The van der Waals surface area contributed by atoms with Crippen molar-refractivity contribution in [2.24, 2.45) is 0 Å². The summed E-state index contributed by atoms with van der Waals surface area (Å²) in [4.78, 5) is 0. The van der Waals surface area contributed by atoms with Crippen LogP contribution in [0.4, 0.5) is 0 Å². The van der Waals surface area contributed by atoms with Crippen LogP contribution >= 0.6 is 15.9 Å². The molecule has 0 aromatic heterocycles. The molecule has 0 fully saturated rings. The molecule has 1 atom stereocenters. The number of aliphatic hydroxyl groups excluding tert-OH is 1. The molecule has 3 rings (SSSR count). The van der Waals surface area contributed by atoms with E-state index in [2.05, 4.69) is 22.0 Å². The van der Waals surface area contributed by atoms with Gasteiger partial charge in [-0.25, -0.2) is 0 Å². The summed E-state index contributed by atoms with van der Waals surface area (Å²) in [6, 6.07) is 6.22. The van der Waals surface area contributed by atoms with Crippen LogP contribution in [0.15, 0.2) is 18.2 Å². The number of halogens is 1. The molecule has 0 heterocycles. The van der Waals surface area contributed by atoms with E-state index >= 15 is 0 Å². The molecular weight excluding hydrogens is 240 g/mol. The van der Waals surface area contributed by atoms with Gasteiger partial charge in [0.15, 0.2) is 0 Å². The lowest BCUT2D eigenvalue weighted by Crippen LogP contribution is -2.31. The first kappa shape index (κ1) is 8.69. The van der Waals surface area contributed by atoms with Gasteiger partial charge in [0.2, 0.25) is 0 Å². The van der Waals surface area contributed by atoms with Crippen molar-refractivity contribution in [2.75, 3.05) is 0 Å². The van der Waals surface area contributed by atoms with Gasteiger partial charge in [0.25, 0.3) is 0 Å². The van der Waals surface area contributed by atoms with E-state index < -0.39 is 0 Å². The molecule has 1 unspecified atom stereocenters. The standard InChI is InChI=1S/C12H11BrO/c13-10-5-4-7-6-11(14)9-3-1-2-8(10)12(7)9/h1-3,11,14H,4-6H2. The van der Waals surface area contributed by atoms with Gasteiger partial charge in [0.1, 0.15) is 0 Å². The fraction of sp³-hybridized carbons (Fsp3) is 0.333. The van der Waals surface area contributed by atoms with E-state index in [1.807, 2.05) is 12.1 Å². The Morgan fingerprint density at radius 3 is 3.00 bits per heavy atom. The van der Waals surface area contributed by atoms with Crippen molar-refractivity contribution in [1.82, 2.24) is 0 Å². The lowest BCUT2D eigenvalue weighted by molar-refractivity contribution is 0.187. The minimum atomic E-state index is -0.265. The predicted octanol–water partition coefficient (Wildman–Crippen LogP) is 1.57. The average Bonchev–Trinajstić information content (AvgIpc) is 2.52. The Morgan fingerprint density at radius 2 is 2.14 bits per heavy atom. The largest absolute Gasteiger partial charge is 0.388 e. The second-order valence-electron chi connectivity index (χ2n) is 4.00. The molecule has 0 amide bonds. The van der Waals surface area contributed by atoms with E-state index in [0.29, 0.717) is 0 Å². The van der Waals surface area contributed by atoms with Gasteiger partial charge in [0, 0.05) is 4.48 Å². The highest BCUT2D eigenvalue weighted by Crippen LogP contribution is 2.31. The Bertz CT molecular complexity index is 516. The van der Waals surface area contributed by atoms with Gasteiger partial charge >= 0.3 is 0 Å². The van der Waals surface area contributed by atoms with E-state index in [-0.39, 0.29) is 6.10 Å². The molecule has 1 N–H and O–H groups in total. The van der Waals surface area contributed by atoms with Crippen molar-refractivity contribution >= 4 is 26.0 Å². The van der Waals surface area contributed by atoms with Crippen LogP contribution in [0.2, 0.25) is 0 Å². The molecule has 0 radical (unpaired) electrons. The zero-order valence-electron chi connectivity index (χ0n) is 7.76. The summed E-state index contributed by atoms with van der Waals surface area (Å²) in [5.74, 6) is 0. The van der Waals surface area contributed by atoms with Crippen molar-refractivity contribution in [3.8, 4) is 0 Å². The van der Waals surface area contributed by atoms with Gasteiger partial charge in [-0.2, -0.15) is 0 Å². The molecule has 0 spiro atoms. The summed E-state index contributed by atoms with van der Waals surface area (Å²) in [5.41, 5.74) is 2.56. The maximum absolute atomic E-state index is 9.88. The van der Waals surface area contributed by atoms with E-state index in [4.69, 9.17) is 0 Å². The zero-order valence-corrected chi connectivity index (χ0v) is 9.34. The summed E-state index contributed by atoms with van der Waals surface area (Å²) in [5, 5.41) is 12.5. The maximum Gasteiger partial charge on any atom is 0.0833 e. The first-order valence-corrected chi connectivity index (χ1v) is 5.74. The Kier molecular flexibility index (Phi) is 1.83. The molecule has 0 saturated heterocycles. The molecule has 0 bridgehead atoms. The predicted molar refractivity (Wildman–Crippen MR) is 60.2 cm³/mol. The second-order valence-corrected chi connectivity index (χ2v) is 4.96. The molecule has 1 aromatic rings. The molecular formula is C12H11BrO. The molecule has 0 saturated carbocycles. The van der Waals surface area contributed by atoms with Gasteiger partial charge in [0.05, 0.1) is 6.10 Å². The van der Waals surface area contributed by atoms with Crippen molar-refractivity contribution < 1.29 is 5.11 Å². The van der Waals surface area contributed by atoms with Crippen molar-refractivity contribution in [1.29, 1.82) is 0 Å². The monoisotopic (exact) mass is 250 g/mol. The smallest absolute Gasteiger partial charge is 0.0833 e. The number of benzene rings is 1. The fourth-order valence-corrected chi connectivity index (χ4v) is 3.06. The summed E-state index contributed by atoms with van der Waals surface area (Å²) >= 11 is 3.62. The highest BCUT2D eigenvalue weighted by Gasteiger charge is 2.23. The van der Waals surface area contributed by atoms with E-state index in [0.717, 1.165) is 24.8 Å². The molecule has 1 nitrogen and oxygen atoms in total. The highest BCUT2D eigenvalue weighted by molar-refractivity contribution is 9.14. The molecule has 0 aliphatic heterocycles. The molecule has 2 heteroatoms. The van der Waals surface area contributed by atoms with Gasteiger partial charge in [-0.3, -0.25) is 0 Å². The van der Waals surface area contributed by atoms with E-state index in [1.165, 1.54) is 20.5 Å². The Morgan fingerprint density at radius 1 is 1.29 bits per heavy atom. The van der Waals surface area contributed by atoms with Gasteiger partial charge in [-0.05, 0) is 35.3 Å². The van der Waals surface area contributed by atoms with E-state index in [1.54, 1.807) is 0 Å². The fourth-order valence-electron chi connectivity index (χ4n) is 2.54. The minimum Gasteiger partial charge on any atom is -0.388 e. The Labute approximate surface area is 90.9 Å². The molecule has 2 aliphatic rings. The lowest BCUT2D eigenvalue weighted by atomic mass is 10.0. The Hall–Kier alpha value is -0.600. The molecule has 72 valence electrons. The highest BCUT2D eigenvalue weighted by atomic mass is 79.9.